The number of hydrogen-bond acceptors (Lipinski definition) is 5. The van der Waals surface area contributed by atoms with E-state index in [0.29, 0.717) is 18.4 Å². The van der Waals surface area contributed by atoms with Crippen molar-refractivity contribution in [2.75, 3.05) is 6.26 Å². The molecule has 0 aromatic heterocycles. The van der Waals surface area contributed by atoms with Crippen LogP contribution in [0.5, 0.6) is 0 Å². The van der Waals surface area contributed by atoms with E-state index in [0.717, 1.165) is 12.7 Å². The van der Waals surface area contributed by atoms with Crippen molar-refractivity contribution < 1.29 is 27.1 Å². The molecule has 2 unspecified atom stereocenters. The Labute approximate surface area is 129 Å². The number of benzene rings is 1. The first-order chi connectivity index (χ1) is 10.3. The molecule has 0 saturated carbocycles. The van der Waals surface area contributed by atoms with Gasteiger partial charge in [-0.2, -0.15) is 0 Å². The molecular weight excluding hydrogens is 311 g/mol. The highest BCUT2D eigenvalue weighted by molar-refractivity contribution is 7.90. The highest BCUT2D eigenvalue weighted by Gasteiger charge is 2.27. The van der Waals surface area contributed by atoms with E-state index in [2.05, 4.69) is 0 Å². The summed E-state index contributed by atoms with van der Waals surface area (Å²) in [6.07, 6.45) is 2.23. The van der Waals surface area contributed by atoms with Gasteiger partial charge in [0.2, 0.25) is 6.29 Å². The maximum Gasteiger partial charge on any atom is 0.307 e. The van der Waals surface area contributed by atoms with Gasteiger partial charge < -0.3 is 9.47 Å². The van der Waals surface area contributed by atoms with E-state index in [-0.39, 0.29) is 17.3 Å². The second kappa shape index (κ2) is 6.75. The molecule has 0 bridgehead atoms. The quantitative estimate of drug-likeness (QED) is 0.794. The third-order valence-corrected chi connectivity index (χ3v) is 4.63. The summed E-state index contributed by atoms with van der Waals surface area (Å²) in [4.78, 5) is 11.0. The van der Waals surface area contributed by atoms with Crippen molar-refractivity contribution in [3.8, 4) is 0 Å². The SMILES string of the molecule is CCC(=O)OC1CCCC(c2ccc(S(C)(=O)=O)c(F)c2)O1. The van der Waals surface area contributed by atoms with Gasteiger partial charge in [-0.25, -0.2) is 12.8 Å². The number of esters is 1. The summed E-state index contributed by atoms with van der Waals surface area (Å²) >= 11 is 0. The van der Waals surface area contributed by atoms with Crippen LogP contribution in [0.25, 0.3) is 0 Å². The Bertz CT molecular complexity index is 656. The molecule has 7 heteroatoms. The molecule has 0 aliphatic carbocycles. The number of carbonyl (C=O) groups excluding carboxylic acids is 1. The average Bonchev–Trinajstić information content (AvgIpc) is 2.46. The number of hydrogen-bond donors (Lipinski definition) is 0. The van der Waals surface area contributed by atoms with Crippen molar-refractivity contribution in [1.82, 2.24) is 0 Å². The van der Waals surface area contributed by atoms with Crippen molar-refractivity contribution in [3.63, 3.8) is 0 Å². The maximum absolute atomic E-state index is 13.9. The van der Waals surface area contributed by atoms with Gasteiger partial charge in [-0.1, -0.05) is 13.0 Å². The van der Waals surface area contributed by atoms with E-state index in [9.17, 15) is 17.6 Å². The van der Waals surface area contributed by atoms with Crippen LogP contribution in [0.1, 0.15) is 44.3 Å². The molecular formula is C15H19FO5S. The predicted octanol–water partition coefficient (Wildman–Crippen LogP) is 2.75. The monoisotopic (exact) mass is 330 g/mol. The Morgan fingerprint density at radius 1 is 1.41 bits per heavy atom. The standard InChI is InChI=1S/C15H19FO5S/c1-3-14(17)21-15-6-4-5-12(20-15)10-7-8-13(11(16)9-10)22(2,18)19/h7-9,12,15H,3-6H2,1-2H3. The molecule has 1 fully saturated rings. The van der Waals surface area contributed by atoms with Crippen molar-refractivity contribution in [1.29, 1.82) is 0 Å². The molecule has 1 aliphatic rings. The Hall–Kier alpha value is -1.47. The van der Waals surface area contributed by atoms with Crippen molar-refractivity contribution in [3.05, 3.63) is 29.6 Å². The zero-order valence-corrected chi connectivity index (χ0v) is 13.4. The van der Waals surface area contributed by atoms with Crippen LogP contribution >= 0.6 is 0 Å². The predicted molar refractivity (Wildman–Crippen MR) is 77.4 cm³/mol. The lowest BCUT2D eigenvalue weighted by atomic mass is 10.0. The Balaban J connectivity index is 2.14. The molecule has 2 atom stereocenters. The molecule has 2 rings (SSSR count). The first-order valence-corrected chi connectivity index (χ1v) is 9.05. The van der Waals surface area contributed by atoms with E-state index in [4.69, 9.17) is 9.47 Å². The second-order valence-corrected chi connectivity index (χ2v) is 7.27. The highest BCUT2D eigenvalue weighted by atomic mass is 32.2. The first-order valence-electron chi connectivity index (χ1n) is 7.15. The zero-order chi connectivity index (χ0) is 16.3. The molecule has 1 heterocycles. The highest BCUT2D eigenvalue weighted by Crippen LogP contribution is 2.33. The minimum atomic E-state index is -3.60. The van der Waals surface area contributed by atoms with E-state index in [1.807, 2.05) is 0 Å². The molecule has 5 nitrogen and oxygen atoms in total. The number of halogens is 1. The van der Waals surface area contributed by atoms with Gasteiger partial charge in [-0.05, 0) is 30.5 Å². The van der Waals surface area contributed by atoms with Crippen molar-refractivity contribution in [2.45, 2.75) is 49.9 Å². The molecule has 0 radical (unpaired) electrons. The fraction of sp³-hybridized carbons (Fsp3) is 0.533. The summed E-state index contributed by atoms with van der Waals surface area (Å²) in [5, 5.41) is 0. The fourth-order valence-corrected chi connectivity index (χ4v) is 3.10. The number of rotatable bonds is 4. The summed E-state index contributed by atoms with van der Waals surface area (Å²) in [7, 11) is -3.60. The third kappa shape index (κ3) is 4.04. The smallest absolute Gasteiger partial charge is 0.307 e. The molecule has 1 aromatic rings. The van der Waals surface area contributed by atoms with Crippen LogP contribution in [-0.2, 0) is 24.1 Å². The number of ether oxygens (including phenoxy) is 2. The number of sulfone groups is 1. The molecule has 0 N–H and O–H groups in total. The molecule has 122 valence electrons. The zero-order valence-electron chi connectivity index (χ0n) is 12.5. The van der Waals surface area contributed by atoms with Crippen LogP contribution in [0.4, 0.5) is 4.39 Å². The van der Waals surface area contributed by atoms with Crippen molar-refractivity contribution in [2.24, 2.45) is 0 Å². The van der Waals surface area contributed by atoms with Crippen LogP contribution in [0.3, 0.4) is 0 Å². The maximum atomic E-state index is 13.9. The van der Waals surface area contributed by atoms with Gasteiger partial charge in [0.15, 0.2) is 9.84 Å². The van der Waals surface area contributed by atoms with Gasteiger partial charge in [-0.15, -0.1) is 0 Å². The Morgan fingerprint density at radius 2 is 2.14 bits per heavy atom. The Kier molecular flexibility index (Phi) is 5.18. The van der Waals surface area contributed by atoms with E-state index >= 15 is 0 Å². The van der Waals surface area contributed by atoms with Crippen molar-refractivity contribution >= 4 is 15.8 Å². The van der Waals surface area contributed by atoms with Crippen LogP contribution in [-0.4, -0.2) is 26.9 Å². The van der Waals surface area contributed by atoms with Gasteiger partial charge in [0.05, 0.1) is 6.10 Å². The number of carbonyl (C=O) groups is 1. The molecule has 1 aliphatic heterocycles. The van der Waals surface area contributed by atoms with Gasteiger partial charge in [0.1, 0.15) is 10.7 Å². The first kappa shape index (κ1) is 16.9. The Morgan fingerprint density at radius 3 is 2.73 bits per heavy atom. The lowest BCUT2D eigenvalue weighted by Gasteiger charge is -2.30. The van der Waals surface area contributed by atoms with Gasteiger partial charge in [0, 0.05) is 19.1 Å². The summed E-state index contributed by atoms with van der Waals surface area (Å²) < 4.78 is 47.6. The third-order valence-electron chi connectivity index (χ3n) is 3.50. The molecule has 0 spiro atoms. The normalized spacial score (nSPS) is 22.3. The lowest BCUT2D eigenvalue weighted by Crippen LogP contribution is -2.27. The van der Waals surface area contributed by atoms with Crippen LogP contribution < -0.4 is 0 Å². The summed E-state index contributed by atoms with van der Waals surface area (Å²) in [5.41, 5.74) is 0.544. The van der Waals surface area contributed by atoms with Gasteiger partial charge >= 0.3 is 5.97 Å². The summed E-state index contributed by atoms with van der Waals surface area (Å²) in [5.74, 6) is -1.14. The van der Waals surface area contributed by atoms with E-state index in [1.165, 1.54) is 18.2 Å². The topological polar surface area (TPSA) is 69.7 Å². The minimum absolute atomic E-state index is 0.266. The minimum Gasteiger partial charge on any atom is -0.436 e. The van der Waals surface area contributed by atoms with Crippen LogP contribution in [0, 0.1) is 5.82 Å². The summed E-state index contributed by atoms with van der Waals surface area (Å²) in [6.45, 7) is 1.70. The average molecular weight is 330 g/mol. The second-order valence-electron chi connectivity index (χ2n) is 5.29. The van der Waals surface area contributed by atoms with Gasteiger partial charge in [0.25, 0.3) is 0 Å². The van der Waals surface area contributed by atoms with Gasteiger partial charge in [-0.3, -0.25) is 4.79 Å². The largest absolute Gasteiger partial charge is 0.436 e. The summed E-state index contributed by atoms with van der Waals surface area (Å²) in [6, 6.07) is 3.95. The van der Waals surface area contributed by atoms with E-state index in [1.54, 1.807) is 6.92 Å². The molecule has 0 amide bonds. The lowest BCUT2D eigenvalue weighted by molar-refractivity contribution is -0.203. The van der Waals surface area contributed by atoms with Crippen LogP contribution in [0.15, 0.2) is 23.1 Å². The van der Waals surface area contributed by atoms with Crippen LogP contribution in [0.2, 0.25) is 0 Å². The van der Waals surface area contributed by atoms with E-state index < -0.39 is 28.0 Å². The molecule has 1 saturated heterocycles. The molecule has 1 aromatic carbocycles. The fourth-order valence-electron chi connectivity index (χ4n) is 2.37. The molecule has 22 heavy (non-hydrogen) atoms.